The first kappa shape index (κ1) is 12.7. The fourth-order valence-electron chi connectivity index (χ4n) is 2.13. The van der Waals surface area contributed by atoms with E-state index in [1.54, 1.807) is 4.90 Å². The van der Waals surface area contributed by atoms with Gasteiger partial charge in [0.05, 0.1) is 11.5 Å². The van der Waals surface area contributed by atoms with Crippen LogP contribution in [0.1, 0.15) is 12.8 Å². The third-order valence-electron chi connectivity index (χ3n) is 2.84. The number of nitrogens with two attached hydrogens (primary N) is 1. The average Bonchev–Trinajstić information content (AvgIpc) is 2.55. The van der Waals surface area contributed by atoms with Gasteiger partial charge in [0.1, 0.15) is 0 Å². The summed E-state index contributed by atoms with van der Waals surface area (Å²) >= 11 is 0. The summed E-state index contributed by atoms with van der Waals surface area (Å²) in [5, 5.41) is 0. The van der Waals surface area contributed by atoms with E-state index in [0.717, 1.165) is 0 Å². The summed E-state index contributed by atoms with van der Waals surface area (Å²) in [7, 11) is -2.91. The third-order valence-corrected chi connectivity index (χ3v) is 4.59. The maximum Gasteiger partial charge on any atom is 0.224 e. The van der Waals surface area contributed by atoms with Crippen molar-refractivity contribution < 1.29 is 13.2 Å². The van der Waals surface area contributed by atoms with Crippen LogP contribution in [0.3, 0.4) is 0 Å². The Hall–Kier alpha value is -0.330. The van der Waals surface area contributed by atoms with Crippen molar-refractivity contribution in [3.05, 3.63) is 0 Å². The second-order valence-electron chi connectivity index (χ2n) is 4.07. The van der Waals surface area contributed by atoms with Crippen molar-refractivity contribution in [2.75, 3.05) is 18.1 Å². The quantitative estimate of drug-likeness (QED) is 0.661. The maximum absolute atomic E-state index is 11.4. The summed E-state index contributed by atoms with van der Waals surface area (Å²) in [6.07, 6.45) is 0.928. The molecule has 2 aliphatic heterocycles. The van der Waals surface area contributed by atoms with Gasteiger partial charge in [-0.3, -0.25) is 4.79 Å². The lowest BCUT2D eigenvalue weighted by Gasteiger charge is -2.22. The van der Waals surface area contributed by atoms with E-state index in [9.17, 15) is 13.2 Å². The molecule has 2 unspecified atom stereocenters. The fourth-order valence-corrected chi connectivity index (χ4v) is 3.87. The molecule has 5 nitrogen and oxygen atoms in total. The van der Waals surface area contributed by atoms with Crippen molar-refractivity contribution in [1.29, 1.82) is 0 Å². The van der Waals surface area contributed by atoms with Crippen molar-refractivity contribution in [2.24, 2.45) is 5.73 Å². The molecule has 0 bridgehead atoms. The van der Waals surface area contributed by atoms with E-state index in [4.69, 9.17) is 5.73 Å². The second-order valence-corrected chi connectivity index (χ2v) is 6.30. The molecule has 2 rings (SSSR count). The molecule has 0 aromatic rings. The van der Waals surface area contributed by atoms with E-state index in [2.05, 4.69) is 0 Å². The van der Waals surface area contributed by atoms with E-state index >= 15 is 0 Å². The van der Waals surface area contributed by atoms with Gasteiger partial charge in [0.25, 0.3) is 0 Å². The van der Waals surface area contributed by atoms with Gasteiger partial charge in [-0.2, -0.15) is 0 Å². The molecule has 1 amide bonds. The number of sulfone groups is 1. The zero-order chi connectivity index (χ0) is 10.3. The van der Waals surface area contributed by atoms with Crippen LogP contribution in [0.25, 0.3) is 0 Å². The Bertz CT molecular complexity index is 357. The predicted octanol–water partition coefficient (Wildman–Crippen LogP) is -0.845. The van der Waals surface area contributed by atoms with Crippen LogP contribution in [0, 0.1) is 0 Å². The highest BCUT2D eigenvalue weighted by atomic mass is 35.5. The molecular weight excluding hydrogens is 240 g/mol. The molecular formula is C8H15ClN2O3S. The molecule has 2 atom stereocenters. The lowest BCUT2D eigenvalue weighted by Crippen LogP contribution is -2.38. The Morgan fingerprint density at radius 1 is 1.40 bits per heavy atom. The number of rotatable bonds is 1. The number of likely N-dealkylation sites (tertiary alicyclic amines) is 1. The van der Waals surface area contributed by atoms with E-state index < -0.39 is 9.84 Å². The summed E-state index contributed by atoms with van der Waals surface area (Å²) in [4.78, 5) is 13.1. The number of nitrogens with zero attached hydrogens (tertiary/aromatic N) is 1. The monoisotopic (exact) mass is 254 g/mol. The first-order valence-electron chi connectivity index (χ1n) is 4.73. The lowest BCUT2D eigenvalue weighted by atomic mass is 10.2. The summed E-state index contributed by atoms with van der Waals surface area (Å²) < 4.78 is 22.4. The number of hydrogen-bond donors (Lipinski definition) is 1. The molecule has 2 fully saturated rings. The minimum absolute atomic E-state index is 0. The Morgan fingerprint density at radius 3 is 2.47 bits per heavy atom. The molecule has 2 N–H and O–H groups in total. The molecule has 0 saturated carbocycles. The molecule has 2 saturated heterocycles. The van der Waals surface area contributed by atoms with Gasteiger partial charge in [0, 0.05) is 25.0 Å². The Balaban J connectivity index is 0.00000112. The normalized spacial score (nSPS) is 34.2. The van der Waals surface area contributed by atoms with Crippen molar-refractivity contribution in [2.45, 2.75) is 24.9 Å². The zero-order valence-corrected chi connectivity index (χ0v) is 9.89. The Kier molecular flexibility index (Phi) is 3.63. The topological polar surface area (TPSA) is 80.5 Å². The van der Waals surface area contributed by atoms with E-state index in [-0.39, 0.29) is 41.9 Å². The van der Waals surface area contributed by atoms with Crippen molar-refractivity contribution in [3.8, 4) is 0 Å². The molecule has 2 aliphatic rings. The first-order valence-corrected chi connectivity index (χ1v) is 6.55. The van der Waals surface area contributed by atoms with Crippen LogP contribution in [0.4, 0.5) is 0 Å². The summed E-state index contributed by atoms with van der Waals surface area (Å²) in [6, 6.07) is -0.244. The Morgan fingerprint density at radius 2 is 2.07 bits per heavy atom. The minimum Gasteiger partial charge on any atom is -0.337 e. The summed E-state index contributed by atoms with van der Waals surface area (Å²) in [6.45, 7) is 0.513. The largest absolute Gasteiger partial charge is 0.337 e. The van der Waals surface area contributed by atoms with Crippen LogP contribution in [0.15, 0.2) is 0 Å². The molecule has 0 aromatic heterocycles. The molecule has 2 heterocycles. The van der Waals surface area contributed by atoms with Crippen LogP contribution in [0.5, 0.6) is 0 Å². The van der Waals surface area contributed by atoms with Gasteiger partial charge in [0.15, 0.2) is 9.84 Å². The van der Waals surface area contributed by atoms with Gasteiger partial charge >= 0.3 is 0 Å². The van der Waals surface area contributed by atoms with E-state index in [1.807, 2.05) is 0 Å². The maximum atomic E-state index is 11.4. The molecule has 0 spiro atoms. The molecule has 0 aliphatic carbocycles. The smallest absolute Gasteiger partial charge is 0.224 e. The predicted molar refractivity (Wildman–Crippen MR) is 58.6 cm³/mol. The first-order chi connectivity index (χ1) is 6.48. The van der Waals surface area contributed by atoms with Gasteiger partial charge in [-0.15, -0.1) is 12.4 Å². The highest BCUT2D eigenvalue weighted by Crippen LogP contribution is 2.22. The van der Waals surface area contributed by atoms with Crippen molar-refractivity contribution in [3.63, 3.8) is 0 Å². The molecule has 88 valence electrons. The standard InChI is InChI=1S/C8H14N2O3S.ClH/c9-6-3-8(11)10(4-6)7-1-2-14(12,13)5-7;/h6-7H,1-5,9H2;1H. The molecule has 15 heavy (non-hydrogen) atoms. The van der Waals surface area contributed by atoms with Crippen LogP contribution in [0.2, 0.25) is 0 Å². The third kappa shape index (κ3) is 2.62. The highest BCUT2D eigenvalue weighted by Gasteiger charge is 2.38. The highest BCUT2D eigenvalue weighted by molar-refractivity contribution is 7.91. The number of carbonyl (C=O) groups excluding carboxylic acids is 1. The second kappa shape index (κ2) is 4.27. The van der Waals surface area contributed by atoms with Crippen LogP contribution in [-0.2, 0) is 14.6 Å². The number of halogens is 1. The fraction of sp³-hybridized carbons (Fsp3) is 0.875. The molecule has 7 heteroatoms. The SMILES string of the molecule is Cl.NC1CC(=O)N(C2CCS(=O)(=O)C2)C1. The summed E-state index contributed by atoms with van der Waals surface area (Å²) in [5.41, 5.74) is 5.64. The van der Waals surface area contributed by atoms with Gasteiger partial charge in [-0.25, -0.2) is 8.42 Å². The van der Waals surface area contributed by atoms with E-state index in [0.29, 0.717) is 19.4 Å². The number of amides is 1. The zero-order valence-electron chi connectivity index (χ0n) is 8.26. The van der Waals surface area contributed by atoms with E-state index in [1.165, 1.54) is 0 Å². The van der Waals surface area contributed by atoms with Gasteiger partial charge < -0.3 is 10.6 Å². The number of hydrogen-bond acceptors (Lipinski definition) is 4. The van der Waals surface area contributed by atoms with Crippen LogP contribution in [-0.4, -0.2) is 49.4 Å². The minimum atomic E-state index is -2.91. The van der Waals surface area contributed by atoms with Gasteiger partial charge in [-0.1, -0.05) is 0 Å². The summed E-state index contributed by atoms with van der Waals surface area (Å²) in [5.74, 6) is 0.321. The van der Waals surface area contributed by atoms with Gasteiger partial charge in [0.2, 0.25) is 5.91 Å². The van der Waals surface area contributed by atoms with Crippen LogP contribution < -0.4 is 5.73 Å². The van der Waals surface area contributed by atoms with Crippen molar-refractivity contribution in [1.82, 2.24) is 4.90 Å². The van der Waals surface area contributed by atoms with Gasteiger partial charge in [-0.05, 0) is 6.42 Å². The number of carbonyl (C=O) groups is 1. The Labute approximate surface area is 95.3 Å². The van der Waals surface area contributed by atoms with Crippen LogP contribution >= 0.6 is 12.4 Å². The lowest BCUT2D eigenvalue weighted by molar-refractivity contribution is -0.129. The average molecular weight is 255 g/mol. The molecule has 0 aromatic carbocycles. The van der Waals surface area contributed by atoms with Crippen molar-refractivity contribution >= 4 is 28.2 Å². The molecule has 0 radical (unpaired) electrons.